The standard InChI is InChI=1S/C29H38FN3O2.C2H6/c1-4-7-12-25(13-8-5-2)33-28(23(11-6-3)21-32-33)15-10-9-14-26(34)19-17-22-16-18-24(30)20-27(22)29(31)35;1-2/h4,8,10,12-13,15-16,18,20-21,26,34H,1,5-7,9,11,14,17,19H2,2-3H3,(H2,31,35);1-2H3/b13-8-,15-10+,25-12?;. The van der Waals surface area contributed by atoms with Crippen LogP contribution in [0.25, 0.3) is 11.8 Å². The van der Waals surface area contributed by atoms with Crippen molar-refractivity contribution < 1.29 is 14.3 Å². The highest BCUT2D eigenvalue weighted by Gasteiger charge is 2.13. The van der Waals surface area contributed by atoms with Gasteiger partial charge in [0.25, 0.3) is 0 Å². The number of aryl methyl sites for hydroxylation is 2. The van der Waals surface area contributed by atoms with E-state index in [-0.39, 0.29) is 5.56 Å². The molecule has 0 saturated heterocycles. The molecule has 0 saturated carbocycles. The molecule has 2 aromatic rings. The normalized spacial score (nSPS) is 12.5. The number of primary amides is 1. The lowest BCUT2D eigenvalue weighted by Gasteiger charge is -2.11. The van der Waals surface area contributed by atoms with Crippen LogP contribution < -0.4 is 5.73 Å². The van der Waals surface area contributed by atoms with Gasteiger partial charge in [-0.05, 0) is 80.4 Å². The molecule has 202 valence electrons. The number of amides is 1. The second-order valence-corrected chi connectivity index (χ2v) is 8.52. The largest absolute Gasteiger partial charge is 0.393 e. The fraction of sp³-hybridized carbons (Fsp3) is 0.419. The SMILES string of the molecule is C=CCC=C(/C=C\CC)n1ncc(CCC)c1/C=C/CCC(O)CCc1ccc(F)cc1C(N)=O.CC. The van der Waals surface area contributed by atoms with Crippen LogP contribution >= 0.6 is 0 Å². The number of carbonyl (C=O) groups is 1. The smallest absolute Gasteiger partial charge is 0.249 e. The van der Waals surface area contributed by atoms with Gasteiger partial charge in [-0.25, -0.2) is 9.07 Å². The first kappa shape index (κ1) is 31.8. The number of aliphatic hydroxyl groups is 1. The molecule has 1 amide bonds. The van der Waals surface area contributed by atoms with Crippen LogP contribution in [0.1, 0.15) is 93.4 Å². The van der Waals surface area contributed by atoms with E-state index >= 15 is 0 Å². The number of allylic oxidation sites excluding steroid dienone is 6. The summed E-state index contributed by atoms with van der Waals surface area (Å²) in [5, 5.41) is 15.1. The van der Waals surface area contributed by atoms with E-state index in [9.17, 15) is 14.3 Å². The van der Waals surface area contributed by atoms with Gasteiger partial charge in [-0.15, -0.1) is 6.58 Å². The average molecular weight is 510 g/mol. The zero-order valence-electron chi connectivity index (χ0n) is 22.9. The molecule has 5 nitrogen and oxygen atoms in total. The Morgan fingerprint density at radius 1 is 1.19 bits per heavy atom. The quantitative estimate of drug-likeness (QED) is 0.196. The highest BCUT2D eigenvalue weighted by Crippen LogP contribution is 2.20. The molecule has 2 rings (SSSR count). The van der Waals surface area contributed by atoms with Crippen LogP contribution in [0.2, 0.25) is 0 Å². The van der Waals surface area contributed by atoms with E-state index in [1.54, 1.807) is 6.07 Å². The molecule has 0 aliphatic rings. The van der Waals surface area contributed by atoms with Crippen molar-refractivity contribution in [1.82, 2.24) is 9.78 Å². The second kappa shape index (κ2) is 18.1. The van der Waals surface area contributed by atoms with E-state index < -0.39 is 17.8 Å². The van der Waals surface area contributed by atoms with Gasteiger partial charge in [0.1, 0.15) is 5.82 Å². The highest BCUT2D eigenvalue weighted by molar-refractivity contribution is 5.94. The summed E-state index contributed by atoms with van der Waals surface area (Å²) in [5.74, 6) is -1.16. The van der Waals surface area contributed by atoms with Gasteiger partial charge >= 0.3 is 0 Å². The van der Waals surface area contributed by atoms with E-state index in [1.165, 1.54) is 11.6 Å². The molecule has 1 aromatic heterocycles. The predicted molar refractivity (Wildman–Crippen MR) is 154 cm³/mol. The third-order valence-electron chi connectivity index (χ3n) is 5.69. The Bertz CT molecular complexity index is 1070. The van der Waals surface area contributed by atoms with E-state index in [4.69, 9.17) is 5.73 Å². The van der Waals surface area contributed by atoms with Gasteiger partial charge in [0, 0.05) is 5.56 Å². The molecule has 3 N–H and O–H groups in total. The summed E-state index contributed by atoms with van der Waals surface area (Å²) >= 11 is 0. The fourth-order valence-corrected chi connectivity index (χ4v) is 3.85. The van der Waals surface area contributed by atoms with E-state index in [0.29, 0.717) is 31.2 Å². The number of hydrogen-bond donors (Lipinski definition) is 2. The average Bonchev–Trinajstić information content (AvgIpc) is 3.29. The molecule has 0 spiro atoms. The Morgan fingerprint density at radius 2 is 1.95 bits per heavy atom. The van der Waals surface area contributed by atoms with E-state index in [2.05, 4.69) is 55.9 Å². The lowest BCUT2D eigenvalue weighted by molar-refractivity contribution is 0.0998. The lowest BCUT2D eigenvalue weighted by atomic mass is 9.99. The van der Waals surface area contributed by atoms with Gasteiger partial charge in [0.05, 0.1) is 23.7 Å². The molecular weight excluding hydrogens is 465 g/mol. The van der Waals surface area contributed by atoms with Gasteiger partial charge in [-0.2, -0.15) is 5.10 Å². The molecule has 6 heteroatoms. The number of benzene rings is 1. The van der Waals surface area contributed by atoms with Crippen LogP contribution in [-0.2, 0) is 12.8 Å². The maximum Gasteiger partial charge on any atom is 0.249 e. The maximum absolute atomic E-state index is 13.4. The van der Waals surface area contributed by atoms with Crippen molar-refractivity contribution >= 4 is 17.7 Å². The highest BCUT2D eigenvalue weighted by atomic mass is 19.1. The summed E-state index contributed by atoms with van der Waals surface area (Å²) in [6, 6.07) is 4.02. The molecule has 37 heavy (non-hydrogen) atoms. The molecule has 0 aliphatic carbocycles. The summed E-state index contributed by atoms with van der Waals surface area (Å²) in [6.07, 6.45) is 19.6. The Morgan fingerprint density at radius 3 is 2.59 bits per heavy atom. The summed E-state index contributed by atoms with van der Waals surface area (Å²) in [6.45, 7) is 12.1. The van der Waals surface area contributed by atoms with Crippen LogP contribution in [-0.4, -0.2) is 26.9 Å². The van der Waals surface area contributed by atoms with Crippen molar-refractivity contribution in [3.8, 4) is 0 Å². The van der Waals surface area contributed by atoms with Gasteiger partial charge in [-0.1, -0.05) is 64.5 Å². The molecule has 1 aromatic carbocycles. The van der Waals surface area contributed by atoms with Crippen molar-refractivity contribution in [2.24, 2.45) is 5.73 Å². The summed E-state index contributed by atoms with van der Waals surface area (Å²) in [5.41, 5.74) is 9.44. The first-order valence-corrected chi connectivity index (χ1v) is 13.4. The van der Waals surface area contributed by atoms with Crippen LogP contribution in [0.3, 0.4) is 0 Å². The lowest BCUT2D eigenvalue weighted by Crippen LogP contribution is -2.15. The maximum atomic E-state index is 13.4. The van der Waals surface area contributed by atoms with Crippen LogP contribution in [0.5, 0.6) is 0 Å². The number of rotatable bonds is 15. The van der Waals surface area contributed by atoms with Gasteiger partial charge in [-0.3, -0.25) is 4.79 Å². The Hall–Kier alpha value is -3.25. The number of aromatic nitrogens is 2. The molecule has 0 bridgehead atoms. The number of nitrogens with zero attached hydrogens (tertiary/aromatic N) is 2. The minimum absolute atomic E-state index is 0.172. The number of hydrogen-bond acceptors (Lipinski definition) is 3. The Labute approximate surface area is 222 Å². The third-order valence-corrected chi connectivity index (χ3v) is 5.69. The molecular formula is C31H44FN3O2. The summed E-state index contributed by atoms with van der Waals surface area (Å²) < 4.78 is 15.4. The Balaban J connectivity index is 0.00000334. The van der Waals surface area contributed by atoms with Gasteiger partial charge < -0.3 is 10.8 Å². The van der Waals surface area contributed by atoms with E-state index in [0.717, 1.165) is 43.1 Å². The van der Waals surface area contributed by atoms with Crippen LogP contribution in [0, 0.1) is 5.82 Å². The molecule has 0 radical (unpaired) electrons. The van der Waals surface area contributed by atoms with Gasteiger partial charge in [0.15, 0.2) is 0 Å². The first-order chi connectivity index (χ1) is 17.9. The van der Waals surface area contributed by atoms with Crippen molar-refractivity contribution in [2.75, 3.05) is 0 Å². The molecule has 0 aliphatic heterocycles. The predicted octanol–water partition coefficient (Wildman–Crippen LogP) is 7.27. The minimum Gasteiger partial charge on any atom is -0.393 e. The zero-order chi connectivity index (χ0) is 27.6. The molecule has 1 atom stereocenters. The first-order valence-electron chi connectivity index (χ1n) is 13.4. The minimum atomic E-state index is -0.660. The van der Waals surface area contributed by atoms with Crippen molar-refractivity contribution in [3.63, 3.8) is 0 Å². The Kier molecular flexibility index (Phi) is 15.5. The summed E-state index contributed by atoms with van der Waals surface area (Å²) in [7, 11) is 0. The van der Waals surface area contributed by atoms with Crippen molar-refractivity contribution in [1.29, 1.82) is 0 Å². The van der Waals surface area contributed by atoms with Crippen LogP contribution in [0.4, 0.5) is 4.39 Å². The number of carbonyl (C=O) groups excluding carboxylic acids is 1. The van der Waals surface area contributed by atoms with Crippen molar-refractivity contribution in [2.45, 2.75) is 85.2 Å². The van der Waals surface area contributed by atoms with Gasteiger partial charge in [0.2, 0.25) is 5.91 Å². The monoisotopic (exact) mass is 509 g/mol. The number of aliphatic hydroxyl groups excluding tert-OH is 1. The zero-order valence-corrected chi connectivity index (χ0v) is 22.9. The second-order valence-electron chi connectivity index (χ2n) is 8.52. The number of halogens is 1. The molecule has 1 unspecified atom stereocenters. The summed E-state index contributed by atoms with van der Waals surface area (Å²) in [4.78, 5) is 11.6. The molecule has 1 heterocycles. The molecule has 0 fully saturated rings. The van der Waals surface area contributed by atoms with Crippen LogP contribution in [0.15, 0.2) is 61.4 Å². The van der Waals surface area contributed by atoms with E-state index in [1.807, 2.05) is 30.8 Å². The number of nitrogens with two attached hydrogens (primary N) is 1. The fourth-order valence-electron chi connectivity index (χ4n) is 3.85. The van der Waals surface area contributed by atoms with Crippen molar-refractivity contribution in [3.05, 3.63) is 89.6 Å². The topological polar surface area (TPSA) is 81.1 Å². The third kappa shape index (κ3) is 10.7.